The minimum Gasteiger partial charge on any atom is -0.273 e. The summed E-state index contributed by atoms with van der Waals surface area (Å²) < 4.78 is 36.7. The van der Waals surface area contributed by atoms with Gasteiger partial charge in [0.1, 0.15) is 5.82 Å². The molecule has 0 saturated carbocycles. The first-order valence-electron chi connectivity index (χ1n) is 6.12. The number of hydrazine groups is 1. The van der Waals surface area contributed by atoms with Crippen molar-refractivity contribution >= 4 is 21.6 Å². The van der Waals surface area contributed by atoms with Gasteiger partial charge in [0.15, 0.2) is 0 Å². The van der Waals surface area contributed by atoms with E-state index in [4.69, 9.17) is 0 Å². The van der Waals surface area contributed by atoms with Gasteiger partial charge in [-0.25, -0.2) is 12.8 Å². The van der Waals surface area contributed by atoms with Gasteiger partial charge >= 0.3 is 0 Å². The number of hydrogen-bond donors (Lipinski definition) is 2. The second kappa shape index (κ2) is 6.50. The number of halogens is 1. The molecule has 0 aromatic heterocycles. The van der Waals surface area contributed by atoms with Crippen molar-refractivity contribution in [2.24, 2.45) is 0 Å². The number of nitrogens with one attached hydrogen (secondary N) is 2. The van der Waals surface area contributed by atoms with E-state index in [0.29, 0.717) is 0 Å². The number of nitrogens with zero attached hydrogens (tertiary/aromatic N) is 1. The molecule has 2 aromatic carbocycles. The Morgan fingerprint density at radius 3 is 2.39 bits per heavy atom. The van der Waals surface area contributed by atoms with E-state index in [1.54, 1.807) is 0 Å². The molecule has 0 atom stereocenters. The summed E-state index contributed by atoms with van der Waals surface area (Å²) in [5.74, 6) is -1.35. The zero-order chi connectivity index (χ0) is 17.0. The molecule has 2 N–H and O–H groups in total. The molecule has 23 heavy (non-hydrogen) atoms. The monoisotopic (exact) mass is 339 g/mol. The maximum Gasteiger partial charge on any atom is 0.270 e. The van der Waals surface area contributed by atoms with E-state index in [1.165, 1.54) is 18.2 Å². The predicted octanol–water partition coefficient (Wildman–Crippen LogP) is 1.36. The van der Waals surface area contributed by atoms with Crippen molar-refractivity contribution in [2.75, 3.05) is 0 Å². The van der Waals surface area contributed by atoms with Crippen LogP contribution in [0.1, 0.15) is 10.4 Å². The Hall–Kier alpha value is -2.85. The molecule has 1 amide bonds. The van der Waals surface area contributed by atoms with Crippen LogP contribution in [0.4, 0.5) is 10.1 Å². The van der Waals surface area contributed by atoms with E-state index in [0.717, 1.165) is 30.3 Å². The second-order valence-corrected chi connectivity index (χ2v) is 6.00. The maximum absolute atomic E-state index is 12.8. The van der Waals surface area contributed by atoms with Gasteiger partial charge in [-0.15, -0.1) is 4.83 Å². The topological polar surface area (TPSA) is 118 Å². The quantitative estimate of drug-likeness (QED) is 0.630. The summed E-state index contributed by atoms with van der Waals surface area (Å²) in [6.07, 6.45) is 0. The van der Waals surface area contributed by atoms with Crippen LogP contribution in [0.2, 0.25) is 0 Å². The highest BCUT2D eigenvalue weighted by Crippen LogP contribution is 2.16. The lowest BCUT2D eigenvalue weighted by Gasteiger charge is -2.08. The summed E-state index contributed by atoms with van der Waals surface area (Å²) in [7, 11) is -4.19. The third-order valence-electron chi connectivity index (χ3n) is 2.74. The number of carbonyl (C=O) groups excluding carboxylic acids is 1. The first-order chi connectivity index (χ1) is 10.8. The van der Waals surface area contributed by atoms with Crippen molar-refractivity contribution in [1.29, 1.82) is 0 Å². The molecule has 8 nitrogen and oxygen atoms in total. The molecule has 0 radical (unpaired) electrons. The number of rotatable bonds is 5. The zero-order valence-electron chi connectivity index (χ0n) is 11.4. The third-order valence-corrected chi connectivity index (χ3v) is 3.99. The summed E-state index contributed by atoms with van der Waals surface area (Å²) >= 11 is 0. The third kappa shape index (κ3) is 4.08. The number of hydrogen-bond acceptors (Lipinski definition) is 5. The zero-order valence-corrected chi connectivity index (χ0v) is 12.2. The number of nitro groups is 1. The molecular formula is C13H10FN3O5S. The van der Waals surface area contributed by atoms with E-state index in [2.05, 4.69) is 0 Å². The Labute approximate surface area is 130 Å². The lowest BCUT2D eigenvalue weighted by molar-refractivity contribution is -0.385. The normalized spacial score (nSPS) is 11.0. The van der Waals surface area contributed by atoms with Crippen LogP contribution < -0.4 is 10.3 Å². The number of carbonyl (C=O) groups is 1. The van der Waals surface area contributed by atoms with Crippen LogP contribution in [0, 0.1) is 15.9 Å². The number of nitro benzene ring substituents is 1. The summed E-state index contributed by atoms with van der Waals surface area (Å²) in [4.78, 5) is 23.1. The minimum absolute atomic E-state index is 0.0353. The van der Waals surface area contributed by atoms with Gasteiger partial charge in [-0.1, -0.05) is 6.07 Å². The molecule has 0 fully saturated rings. The van der Waals surface area contributed by atoms with Gasteiger partial charge in [0.25, 0.3) is 21.6 Å². The van der Waals surface area contributed by atoms with Crippen LogP contribution in [-0.4, -0.2) is 19.2 Å². The van der Waals surface area contributed by atoms with Crippen molar-refractivity contribution in [3.63, 3.8) is 0 Å². The lowest BCUT2D eigenvalue weighted by atomic mass is 10.2. The van der Waals surface area contributed by atoms with Crippen LogP contribution in [0.5, 0.6) is 0 Å². The Bertz CT molecular complexity index is 852. The molecule has 0 aliphatic carbocycles. The molecular weight excluding hydrogens is 329 g/mol. The van der Waals surface area contributed by atoms with E-state index >= 15 is 0 Å². The smallest absolute Gasteiger partial charge is 0.270 e. The number of amides is 1. The molecule has 0 spiro atoms. The van der Waals surface area contributed by atoms with E-state index in [1.807, 2.05) is 10.3 Å². The van der Waals surface area contributed by atoms with Crippen molar-refractivity contribution < 1.29 is 22.5 Å². The van der Waals surface area contributed by atoms with Gasteiger partial charge in [-0.3, -0.25) is 20.3 Å². The highest BCUT2D eigenvalue weighted by atomic mass is 32.2. The Balaban J connectivity index is 2.12. The largest absolute Gasteiger partial charge is 0.273 e. The standard InChI is InChI=1S/C13H10FN3O5S/c14-10-6-4-9(5-7-10)13(18)15-16-23(21,22)12-3-1-2-11(8-12)17(19)20/h1-8,16H,(H,15,18). The summed E-state index contributed by atoms with van der Waals surface area (Å²) in [5.41, 5.74) is 1.57. The molecule has 2 aromatic rings. The second-order valence-electron chi connectivity index (χ2n) is 4.32. The Kier molecular flexibility index (Phi) is 4.67. The molecule has 120 valence electrons. The molecule has 0 aliphatic heterocycles. The van der Waals surface area contributed by atoms with Crippen LogP contribution in [0.25, 0.3) is 0 Å². The van der Waals surface area contributed by atoms with Crippen LogP contribution in [0.15, 0.2) is 53.4 Å². The fourth-order valence-corrected chi connectivity index (χ4v) is 2.49. The molecule has 10 heteroatoms. The first-order valence-corrected chi connectivity index (χ1v) is 7.60. The molecule has 0 bridgehead atoms. The molecule has 0 heterocycles. The number of sulfonamides is 1. The van der Waals surface area contributed by atoms with Gasteiger partial charge in [-0.05, 0) is 30.3 Å². The summed E-state index contributed by atoms with van der Waals surface area (Å²) in [6.45, 7) is 0. The molecule has 2 rings (SSSR count). The summed E-state index contributed by atoms with van der Waals surface area (Å²) in [6, 6.07) is 8.77. The summed E-state index contributed by atoms with van der Waals surface area (Å²) in [5, 5.41) is 10.6. The first kappa shape index (κ1) is 16.5. The fourth-order valence-electron chi connectivity index (χ4n) is 1.61. The van der Waals surface area contributed by atoms with Crippen LogP contribution in [0.3, 0.4) is 0 Å². The number of benzene rings is 2. The average Bonchev–Trinajstić information content (AvgIpc) is 2.53. The molecule has 0 unspecified atom stereocenters. The minimum atomic E-state index is -4.19. The van der Waals surface area contributed by atoms with Gasteiger partial charge in [0, 0.05) is 17.7 Å². The Morgan fingerprint density at radius 1 is 1.13 bits per heavy atom. The van der Waals surface area contributed by atoms with Gasteiger partial charge in [0.2, 0.25) is 0 Å². The van der Waals surface area contributed by atoms with Crippen LogP contribution in [-0.2, 0) is 10.0 Å². The van der Waals surface area contributed by atoms with Crippen molar-refractivity contribution in [1.82, 2.24) is 10.3 Å². The highest BCUT2D eigenvalue weighted by Gasteiger charge is 2.18. The molecule has 0 aliphatic rings. The van der Waals surface area contributed by atoms with Gasteiger partial charge < -0.3 is 0 Å². The predicted molar refractivity (Wildman–Crippen MR) is 77.3 cm³/mol. The fraction of sp³-hybridized carbons (Fsp3) is 0. The molecule has 0 saturated heterocycles. The van der Waals surface area contributed by atoms with E-state index in [-0.39, 0.29) is 10.5 Å². The van der Waals surface area contributed by atoms with Gasteiger partial charge in [0.05, 0.1) is 9.82 Å². The lowest BCUT2D eigenvalue weighted by Crippen LogP contribution is -2.41. The maximum atomic E-state index is 12.8. The van der Waals surface area contributed by atoms with Gasteiger partial charge in [-0.2, -0.15) is 0 Å². The van der Waals surface area contributed by atoms with Crippen molar-refractivity contribution in [3.05, 3.63) is 70.0 Å². The number of non-ortho nitro benzene ring substituents is 1. The highest BCUT2D eigenvalue weighted by molar-refractivity contribution is 7.89. The van der Waals surface area contributed by atoms with Crippen molar-refractivity contribution in [3.8, 4) is 0 Å². The SMILES string of the molecule is O=C(NNS(=O)(=O)c1cccc([N+](=O)[O-])c1)c1ccc(F)cc1. The van der Waals surface area contributed by atoms with E-state index < -0.39 is 32.4 Å². The average molecular weight is 339 g/mol. The van der Waals surface area contributed by atoms with Crippen molar-refractivity contribution in [2.45, 2.75) is 4.90 Å². The van der Waals surface area contributed by atoms with E-state index in [9.17, 15) is 27.7 Å². The Morgan fingerprint density at radius 2 is 1.78 bits per heavy atom. The van der Waals surface area contributed by atoms with Crippen LogP contribution >= 0.6 is 0 Å².